The van der Waals surface area contributed by atoms with Gasteiger partial charge < -0.3 is 10.6 Å². The van der Waals surface area contributed by atoms with Gasteiger partial charge in [-0.05, 0) is 19.3 Å². The van der Waals surface area contributed by atoms with Crippen LogP contribution in [0.2, 0.25) is 0 Å². The van der Waals surface area contributed by atoms with E-state index in [1.807, 2.05) is 5.38 Å². The summed E-state index contributed by atoms with van der Waals surface area (Å²) in [5, 5.41) is 8.87. The summed E-state index contributed by atoms with van der Waals surface area (Å²) >= 11 is 1.63. The Morgan fingerprint density at radius 1 is 1.69 bits per heavy atom. The van der Waals surface area contributed by atoms with Crippen LogP contribution >= 0.6 is 11.3 Å². The van der Waals surface area contributed by atoms with Gasteiger partial charge in [-0.1, -0.05) is 6.92 Å². The summed E-state index contributed by atoms with van der Waals surface area (Å²) in [6.45, 7) is 2.72. The molecule has 1 fully saturated rings. The van der Waals surface area contributed by atoms with Crippen LogP contribution in [0.25, 0.3) is 0 Å². The molecule has 1 aromatic rings. The van der Waals surface area contributed by atoms with Gasteiger partial charge in [0.2, 0.25) is 0 Å². The fraction of sp³-hybridized carbons (Fsp3) is 0.636. The number of carbonyl (C=O) groups excluding carboxylic acids is 1. The Balaban J connectivity index is 1.68. The number of aromatic nitrogens is 1. The zero-order chi connectivity index (χ0) is 11.4. The minimum absolute atomic E-state index is 0.0480. The van der Waals surface area contributed by atoms with Crippen molar-refractivity contribution in [2.45, 2.75) is 38.1 Å². The van der Waals surface area contributed by atoms with Gasteiger partial charge in [0.25, 0.3) is 0 Å². The quantitative estimate of drug-likeness (QED) is 0.845. The van der Waals surface area contributed by atoms with Crippen LogP contribution in [0.1, 0.15) is 37.1 Å². The number of rotatable bonds is 4. The third-order valence-corrected chi connectivity index (χ3v) is 3.89. The second-order valence-corrected chi connectivity index (χ2v) is 5.18. The van der Waals surface area contributed by atoms with E-state index in [4.69, 9.17) is 0 Å². The summed E-state index contributed by atoms with van der Waals surface area (Å²) in [6.07, 6.45) is 5.27. The van der Waals surface area contributed by atoms with Crippen LogP contribution in [0, 0.1) is 0 Å². The van der Waals surface area contributed by atoms with Crippen LogP contribution in [0.5, 0.6) is 0 Å². The lowest BCUT2D eigenvalue weighted by Crippen LogP contribution is -2.45. The molecule has 4 nitrogen and oxygen atoms in total. The molecule has 0 aromatic carbocycles. The lowest BCUT2D eigenvalue weighted by atomic mass is 9.93. The first-order valence-corrected chi connectivity index (χ1v) is 6.57. The predicted octanol–water partition coefficient (Wildman–Crippen LogP) is 2.10. The molecule has 1 aliphatic rings. The van der Waals surface area contributed by atoms with E-state index in [1.165, 1.54) is 6.42 Å². The summed E-state index contributed by atoms with van der Waals surface area (Å²) in [7, 11) is 0. The minimum Gasteiger partial charge on any atom is -0.337 e. The first kappa shape index (κ1) is 11.4. The molecule has 0 bridgehead atoms. The molecular weight excluding hydrogens is 222 g/mol. The first-order valence-electron chi connectivity index (χ1n) is 5.69. The number of hydrogen-bond donors (Lipinski definition) is 2. The Hall–Kier alpha value is -1.10. The average Bonchev–Trinajstić information content (AvgIpc) is 2.73. The molecule has 2 amide bonds. The highest BCUT2D eigenvalue weighted by Crippen LogP contribution is 2.18. The second kappa shape index (κ2) is 5.30. The van der Waals surface area contributed by atoms with Gasteiger partial charge in [0.1, 0.15) is 0 Å². The van der Waals surface area contributed by atoms with Gasteiger partial charge in [-0.25, -0.2) is 9.78 Å². The van der Waals surface area contributed by atoms with Crippen molar-refractivity contribution in [1.82, 2.24) is 15.6 Å². The zero-order valence-electron chi connectivity index (χ0n) is 9.40. The average molecular weight is 239 g/mol. The van der Waals surface area contributed by atoms with Crippen LogP contribution in [-0.4, -0.2) is 23.6 Å². The monoisotopic (exact) mass is 239 g/mol. The van der Waals surface area contributed by atoms with E-state index in [-0.39, 0.29) is 11.9 Å². The Kier molecular flexibility index (Phi) is 3.77. The van der Waals surface area contributed by atoms with Crippen molar-refractivity contribution in [2.24, 2.45) is 0 Å². The van der Waals surface area contributed by atoms with Crippen molar-refractivity contribution >= 4 is 17.4 Å². The van der Waals surface area contributed by atoms with Crippen molar-refractivity contribution < 1.29 is 4.79 Å². The van der Waals surface area contributed by atoms with Gasteiger partial charge in [-0.2, -0.15) is 0 Å². The van der Waals surface area contributed by atoms with Crippen LogP contribution in [-0.2, 0) is 0 Å². The number of hydrogen-bond acceptors (Lipinski definition) is 3. The highest BCUT2D eigenvalue weighted by atomic mass is 32.1. The largest absolute Gasteiger partial charge is 0.337 e. The molecule has 0 aliphatic heterocycles. The van der Waals surface area contributed by atoms with Crippen LogP contribution in [0.3, 0.4) is 0 Å². The topological polar surface area (TPSA) is 54.0 Å². The Morgan fingerprint density at radius 3 is 3.06 bits per heavy atom. The maximum Gasteiger partial charge on any atom is 0.315 e. The molecular formula is C11H17N3OS. The molecule has 0 spiro atoms. The van der Waals surface area contributed by atoms with Gasteiger partial charge in [0, 0.05) is 30.1 Å². The van der Waals surface area contributed by atoms with Crippen molar-refractivity contribution in [3.05, 3.63) is 16.6 Å². The van der Waals surface area contributed by atoms with Crippen molar-refractivity contribution in [3.8, 4) is 0 Å². The van der Waals surface area contributed by atoms with Gasteiger partial charge in [-0.15, -0.1) is 11.3 Å². The molecule has 1 unspecified atom stereocenters. The summed E-state index contributed by atoms with van der Waals surface area (Å²) in [5.41, 5.74) is 0. The van der Waals surface area contributed by atoms with Crippen LogP contribution < -0.4 is 10.6 Å². The number of nitrogens with zero attached hydrogens (tertiary/aromatic N) is 1. The van der Waals surface area contributed by atoms with E-state index in [0.29, 0.717) is 12.6 Å². The van der Waals surface area contributed by atoms with E-state index in [1.54, 1.807) is 17.5 Å². The standard InChI is InChI=1S/C11H17N3OS/c1-8(10-12-5-6-16-10)7-13-11(15)14-9-3-2-4-9/h5-6,8-9H,2-4,7H2,1H3,(H2,13,14,15). The maximum absolute atomic E-state index is 11.5. The predicted molar refractivity (Wildman–Crippen MR) is 64.7 cm³/mol. The Bertz CT molecular complexity index is 335. The number of carbonyl (C=O) groups is 1. The number of urea groups is 1. The summed E-state index contributed by atoms with van der Waals surface area (Å²) < 4.78 is 0. The van der Waals surface area contributed by atoms with E-state index >= 15 is 0 Å². The molecule has 16 heavy (non-hydrogen) atoms. The van der Waals surface area contributed by atoms with Crippen molar-refractivity contribution in [2.75, 3.05) is 6.54 Å². The highest BCUT2D eigenvalue weighted by molar-refractivity contribution is 7.09. The van der Waals surface area contributed by atoms with E-state index in [0.717, 1.165) is 17.8 Å². The first-order chi connectivity index (χ1) is 7.75. The maximum atomic E-state index is 11.5. The molecule has 2 N–H and O–H groups in total. The normalized spacial score (nSPS) is 17.6. The summed E-state index contributed by atoms with van der Waals surface area (Å²) in [4.78, 5) is 15.7. The molecule has 1 aromatic heterocycles. The fourth-order valence-corrected chi connectivity index (χ4v) is 2.30. The highest BCUT2D eigenvalue weighted by Gasteiger charge is 2.19. The van der Waals surface area contributed by atoms with Gasteiger partial charge in [0.05, 0.1) is 5.01 Å². The molecule has 2 rings (SSSR count). The molecule has 0 radical (unpaired) electrons. The van der Waals surface area contributed by atoms with Gasteiger partial charge >= 0.3 is 6.03 Å². The lowest BCUT2D eigenvalue weighted by Gasteiger charge is -2.26. The lowest BCUT2D eigenvalue weighted by molar-refractivity contribution is 0.228. The SMILES string of the molecule is CC(CNC(=O)NC1CCC1)c1nccs1. The van der Waals surface area contributed by atoms with E-state index in [9.17, 15) is 4.79 Å². The second-order valence-electron chi connectivity index (χ2n) is 4.25. The summed E-state index contributed by atoms with van der Waals surface area (Å²) in [5.74, 6) is 0.284. The Morgan fingerprint density at radius 2 is 2.50 bits per heavy atom. The third-order valence-electron chi connectivity index (χ3n) is 2.88. The molecule has 1 heterocycles. The number of nitrogens with one attached hydrogen (secondary N) is 2. The molecule has 5 heteroatoms. The van der Waals surface area contributed by atoms with E-state index < -0.39 is 0 Å². The zero-order valence-corrected chi connectivity index (χ0v) is 10.2. The summed E-state index contributed by atoms with van der Waals surface area (Å²) in [6, 6.07) is 0.350. The molecule has 88 valence electrons. The van der Waals surface area contributed by atoms with Gasteiger partial charge in [-0.3, -0.25) is 0 Å². The van der Waals surface area contributed by atoms with E-state index in [2.05, 4.69) is 22.5 Å². The van der Waals surface area contributed by atoms with Gasteiger partial charge in [0.15, 0.2) is 0 Å². The van der Waals surface area contributed by atoms with Crippen molar-refractivity contribution in [1.29, 1.82) is 0 Å². The molecule has 0 saturated heterocycles. The Labute approximate surface area is 99.5 Å². The smallest absolute Gasteiger partial charge is 0.315 e. The number of thiazole rings is 1. The van der Waals surface area contributed by atoms with Crippen LogP contribution in [0.15, 0.2) is 11.6 Å². The fourth-order valence-electron chi connectivity index (χ4n) is 1.60. The minimum atomic E-state index is -0.0480. The third kappa shape index (κ3) is 2.95. The van der Waals surface area contributed by atoms with Crippen molar-refractivity contribution in [3.63, 3.8) is 0 Å². The molecule has 1 saturated carbocycles. The number of amides is 2. The van der Waals surface area contributed by atoms with Crippen LogP contribution in [0.4, 0.5) is 4.79 Å². The molecule has 1 atom stereocenters. The molecule has 1 aliphatic carbocycles.